The molecule has 28 heavy (non-hydrogen) atoms. The van der Waals surface area contributed by atoms with E-state index in [4.69, 9.17) is 4.52 Å². The monoisotopic (exact) mass is 376 g/mol. The van der Waals surface area contributed by atoms with Crippen LogP contribution in [0.3, 0.4) is 0 Å². The fraction of sp³-hybridized carbons (Fsp3) is 0.0952. The summed E-state index contributed by atoms with van der Waals surface area (Å²) in [7, 11) is 0. The van der Waals surface area contributed by atoms with Gasteiger partial charge in [-0.25, -0.2) is 4.39 Å². The van der Waals surface area contributed by atoms with Crippen molar-refractivity contribution in [3.8, 4) is 11.3 Å². The van der Waals surface area contributed by atoms with Crippen molar-refractivity contribution in [1.29, 1.82) is 0 Å². The summed E-state index contributed by atoms with van der Waals surface area (Å²) >= 11 is 0. The van der Waals surface area contributed by atoms with Crippen molar-refractivity contribution in [1.82, 2.24) is 14.9 Å². The summed E-state index contributed by atoms with van der Waals surface area (Å²) in [5.74, 6) is -0.143. The first kappa shape index (κ1) is 17.7. The summed E-state index contributed by atoms with van der Waals surface area (Å²) in [6.45, 7) is 2.47. The standard InChI is InChI=1S/C21H17FN4O2/c1-14-2-6-16(7-3-14)20-10-19(25-28-20)21(27)24-18-11-23-26(13-18)12-15-4-8-17(22)9-5-15/h2-11,13H,12H2,1H3,(H,24,27). The lowest BCUT2D eigenvalue weighted by Gasteiger charge is -2.01. The Balaban J connectivity index is 1.42. The molecule has 0 aliphatic carbocycles. The molecule has 0 radical (unpaired) electrons. The Hall–Kier alpha value is -3.74. The summed E-state index contributed by atoms with van der Waals surface area (Å²) in [6, 6.07) is 15.5. The quantitative estimate of drug-likeness (QED) is 0.564. The van der Waals surface area contributed by atoms with Gasteiger partial charge in [-0.3, -0.25) is 9.48 Å². The lowest BCUT2D eigenvalue weighted by Crippen LogP contribution is -2.11. The number of amides is 1. The third-order valence-corrected chi connectivity index (χ3v) is 4.23. The Kier molecular flexibility index (Phi) is 4.72. The third-order valence-electron chi connectivity index (χ3n) is 4.23. The van der Waals surface area contributed by atoms with Crippen molar-refractivity contribution in [2.24, 2.45) is 0 Å². The van der Waals surface area contributed by atoms with Crippen molar-refractivity contribution in [3.63, 3.8) is 0 Å². The highest BCUT2D eigenvalue weighted by Crippen LogP contribution is 2.21. The summed E-state index contributed by atoms with van der Waals surface area (Å²) in [5.41, 5.74) is 3.61. The molecule has 0 aliphatic heterocycles. The van der Waals surface area contributed by atoms with Crippen LogP contribution in [0.25, 0.3) is 11.3 Å². The topological polar surface area (TPSA) is 73.0 Å². The number of rotatable bonds is 5. The molecular formula is C21H17FN4O2. The minimum Gasteiger partial charge on any atom is -0.355 e. The van der Waals surface area contributed by atoms with Gasteiger partial charge < -0.3 is 9.84 Å². The highest BCUT2D eigenvalue weighted by atomic mass is 19.1. The largest absolute Gasteiger partial charge is 0.355 e. The number of benzene rings is 2. The van der Waals surface area contributed by atoms with E-state index in [0.29, 0.717) is 18.0 Å². The molecule has 0 saturated heterocycles. The fourth-order valence-corrected chi connectivity index (χ4v) is 2.72. The number of nitrogens with one attached hydrogen (secondary N) is 1. The van der Waals surface area contributed by atoms with Gasteiger partial charge in [-0.2, -0.15) is 5.10 Å². The van der Waals surface area contributed by atoms with Gasteiger partial charge in [0.1, 0.15) is 5.82 Å². The first-order valence-electron chi connectivity index (χ1n) is 8.69. The zero-order chi connectivity index (χ0) is 19.5. The summed E-state index contributed by atoms with van der Waals surface area (Å²) in [4.78, 5) is 12.4. The molecule has 0 spiro atoms. The first-order chi connectivity index (χ1) is 13.6. The molecule has 4 aromatic rings. The predicted octanol–water partition coefficient (Wildman–Crippen LogP) is 4.29. The Morgan fingerprint density at radius 1 is 1.14 bits per heavy atom. The van der Waals surface area contributed by atoms with Crippen LogP contribution in [0.1, 0.15) is 21.6 Å². The smallest absolute Gasteiger partial charge is 0.277 e. The van der Waals surface area contributed by atoms with E-state index < -0.39 is 0 Å². The van der Waals surface area contributed by atoms with Crippen molar-refractivity contribution in [2.45, 2.75) is 13.5 Å². The van der Waals surface area contributed by atoms with E-state index in [0.717, 1.165) is 16.7 Å². The second-order valence-electron chi connectivity index (χ2n) is 6.45. The molecule has 0 fully saturated rings. The average molecular weight is 376 g/mol. The molecule has 2 aromatic carbocycles. The number of hydrogen-bond acceptors (Lipinski definition) is 4. The van der Waals surface area contributed by atoms with E-state index in [2.05, 4.69) is 15.6 Å². The van der Waals surface area contributed by atoms with Gasteiger partial charge in [0.05, 0.1) is 18.4 Å². The van der Waals surface area contributed by atoms with E-state index in [1.54, 1.807) is 35.3 Å². The van der Waals surface area contributed by atoms with E-state index in [1.807, 2.05) is 31.2 Å². The molecule has 7 heteroatoms. The summed E-state index contributed by atoms with van der Waals surface area (Å²) in [6.07, 6.45) is 3.24. The van der Waals surface area contributed by atoms with Crippen molar-refractivity contribution in [3.05, 3.63) is 89.6 Å². The number of aromatic nitrogens is 3. The van der Waals surface area contributed by atoms with Crippen LogP contribution in [0, 0.1) is 12.7 Å². The third kappa shape index (κ3) is 3.98. The van der Waals surface area contributed by atoms with Gasteiger partial charge in [0.25, 0.3) is 5.91 Å². The van der Waals surface area contributed by atoms with Gasteiger partial charge in [0, 0.05) is 17.8 Å². The van der Waals surface area contributed by atoms with Crippen molar-refractivity contribution >= 4 is 11.6 Å². The van der Waals surface area contributed by atoms with Gasteiger partial charge in [0.2, 0.25) is 0 Å². The maximum Gasteiger partial charge on any atom is 0.277 e. The number of hydrogen-bond donors (Lipinski definition) is 1. The zero-order valence-corrected chi connectivity index (χ0v) is 15.1. The van der Waals surface area contributed by atoms with Gasteiger partial charge in [-0.15, -0.1) is 0 Å². The van der Waals surface area contributed by atoms with E-state index >= 15 is 0 Å². The Morgan fingerprint density at radius 2 is 1.89 bits per heavy atom. The molecule has 2 heterocycles. The fourth-order valence-electron chi connectivity index (χ4n) is 2.72. The van der Waals surface area contributed by atoms with Gasteiger partial charge >= 0.3 is 0 Å². The lowest BCUT2D eigenvalue weighted by molar-refractivity contribution is 0.101. The van der Waals surface area contributed by atoms with Crippen LogP contribution in [-0.2, 0) is 6.54 Å². The Morgan fingerprint density at radius 3 is 2.64 bits per heavy atom. The van der Waals surface area contributed by atoms with Crippen LogP contribution in [0.5, 0.6) is 0 Å². The van der Waals surface area contributed by atoms with Crippen LogP contribution >= 0.6 is 0 Å². The second kappa shape index (κ2) is 7.48. The molecule has 1 amide bonds. The summed E-state index contributed by atoms with van der Waals surface area (Å²) < 4.78 is 19.9. The molecule has 0 atom stereocenters. The minimum absolute atomic E-state index is 0.182. The molecule has 4 rings (SSSR count). The number of carbonyl (C=O) groups is 1. The second-order valence-corrected chi connectivity index (χ2v) is 6.45. The maximum atomic E-state index is 13.0. The molecule has 0 bridgehead atoms. The van der Waals surface area contributed by atoms with Gasteiger partial charge in [-0.05, 0) is 24.6 Å². The first-order valence-corrected chi connectivity index (χ1v) is 8.69. The van der Waals surface area contributed by atoms with Crippen LogP contribution < -0.4 is 5.32 Å². The maximum absolute atomic E-state index is 13.0. The number of nitrogens with zero attached hydrogens (tertiary/aromatic N) is 3. The molecule has 140 valence electrons. The lowest BCUT2D eigenvalue weighted by atomic mass is 10.1. The number of aryl methyl sites for hydroxylation is 1. The highest BCUT2D eigenvalue weighted by molar-refractivity contribution is 6.03. The molecule has 0 saturated carbocycles. The molecule has 2 aromatic heterocycles. The number of carbonyl (C=O) groups excluding carboxylic acids is 1. The van der Waals surface area contributed by atoms with Gasteiger partial charge in [0.15, 0.2) is 11.5 Å². The van der Waals surface area contributed by atoms with Crippen LogP contribution in [-0.4, -0.2) is 20.8 Å². The summed E-state index contributed by atoms with van der Waals surface area (Å²) in [5, 5.41) is 10.8. The SMILES string of the molecule is Cc1ccc(-c2cc(C(=O)Nc3cnn(Cc4ccc(F)cc4)c3)no2)cc1. The number of anilines is 1. The van der Waals surface area contributed by atoms with Crippen LogP contribution in [0.15, 0.2) is 71.5 Å². The van der Waals surface area contributed by atoms with Gasteiger partial charge in [-0.1, -0.05) is 47.1 Å². The van der Waals surface area contributed by atoms with Crippen LogP contribution in [0.2, 0.25) is 0 Å². The molecule has 1 N–H and O–H groups in total. The van der Waals surface area contributed by atoms with Crippen LogP contribution in [0.4, 0.5) is 10.1 Å². The van der Waals surface area contributed by atoms with Crippen molar-refractivity contribution in [2.75, 3.05) is 5.32 Å². The van der Waals surface area contributed by atoms with E-state index in [1.165, 1.54) is 12.1 Å². The molecule has 0 aliphatic rings. The normalized spacial score (nSPS) is 10.8. The van der Waals surface area contributed by atoms with Crippen molar-refractivity contribution < 1.29 is 13.7 Å². The molecule has 6 nitrogen and oxygen atoms in total. The Labute approximate surface area is 160 Å². The average Bonchev–Trinajstić information content (AvgIpc) is 3.34. The zero-order valence-electron chi connectivity index (χ0n) is 15.1. The molecule has 0 unspecified atom stereocenters. The predicted molar refractivity (Wildman–Crippen MR) is 102 cm³/mol. The molecular weight excluding hydrogens is 359 g/mol. The number of halogens is 1. The Bertz CT molecular complexity index is 1100. The van der Waals surface area contributed by atoms with E-state index in [-0.39, 0.29) is 17.4 Å². The highest BCUT2D eigenvalue weighted by Gasteiger charge is 2.14. The van der Waals surface area contributed by atoms with E-state index in [9.17, 15) is 9.18 Å². The minimum atomic E-state index is -0.386.